The number of carboxylic acids is 1. The first-order valence-corrected chi connectivity index (χ1v) is 12.3. The Balaban J connectivity index is 1.35. The summed E-state index contributed by atoms with van der Waals surface area (Å²) in [5.41, 5.74) is 4.49. The lowest BCUT2D eigenvalue weighted by Gasteiger charge is -2.28. The summed E-state index contributed by atoms with van der Waals surface area (Å²) in [6.07, 6.45) is 3.74. The number of anilines is 1. The molecule has 5 rings (SSSR count). The van der Waals surface area contributed by atoms with E-state index in [1.807, 2.05) is 12.1 Å². The molecular formula is C27H27ClN4O4. The fourth-order valence-electron chi connectivity index (χ4n) is 4.39. The first-order valence-electron chi connectivity index (χ1n) is 11.9. The summed E-state index contributed by atoms with van der Waals surface area (Å²) >= 11 is 6.57. The van der Waals surface area contributed by atoms with Crippen molar-refractivity contribution in [3.05, 3.63) is 64.7 Å². The summed E-state index contributed by atoms with van der Waals surface area (Å²) in [5.74, 6) is -0.651. The van der Waals surface area contributed by atoms with E-state index in [2.05, 4.69) is 39.0 Å². The third-order valence-electron chi connectivity index (χ3n) is 6.39. The Kier molecular flexibility index (Phi) is 6.80. The van der Waals surface area contributed by atoms with E-state index in [1.54, 1.807) is 25.1 Å². The molecule has 0 aliphatic carbocycles. The molecular weight excluding hydrogens is 480 g/mol. The van der Waals surface area contributed by atoms with Crippen molar-refractivity contribution < 1.29 is 19.4 Å². The molecule has 3 heterocycles. The number of imidazole rings is 1. The fraction of sp³-hybridized carbons (Fsp3) is 0.296. The molecule has 2 aromatic carbocycles. The number of fused-ring (bicyclic) bond motifs is 1. The molecule has 4 aromatic rings. The number of rotatable bonds is 7. The Bertz CT molecular complexity index is 1400. The highest BCUT2D eigenvalue weighted by atomic mass is 35.5. The summed E-state index contributed by atoms with van der Waals surface area (Å²) in [5, 5.41) is 9.83. The molecule has 2 N–H and O–H groups in total. The molecule has 9 heteroatoms. The Hall–Kier alpha value is -3.62. The molecule has 186 valence electrons. The predicted octanol–water partition coefficient (Wildman–Crippen LogP) is 6.08. The maximum atomic E-state index is 11.4. The van der Waals surface area contributed by atoms with Crippen LogP contribution in [0.1, 0.15) is 35.2 Å². The van der Waals surface area contributed by atoms with Crippen LogP contribution in [-0.2, 0) is 4.74 Å². The van der Waals surface area contributed by atoms with Crippen molar-refractivity contribution >= 4 is 34.4 Å². The van der Waals surface area contributed by atoms with Crippen LogP contribution in [0, 0.1) is 6.92 Å². The molecule has 1 fully saturated rings. The highest BCUT2D eigenvalue weighted by Gasteiger charge is 2.17. The first kappa shape index (κ1) is 24.1. The maximum absolute atomic E-state index is 11.4. The van der Waals surface area contributed by atoms with Crippen LogP contribution in [-0.4, -0.2) is 52.3 Å². The van der Waals surface area contributed by atoms with E-state index in [1.165, 1.54) is 12.5 Å². The number of ether oxygens (including phenoxy) is 2. The van der Waals surface area contributed by atoms with Gasteiger partial charge in [-0.2, -0.15) is 4.98 Å². The number of nitrogens with one attached hydrogen (secondary N) is 1. The molecule has 36 heavy (non-hydrogen) atoms. The molecule has 0 bridgehead atoms. The van der Waals surface area contributed by atoms with Crippen molar-refractivity contribution in [3.8, 4) is 23.0 Å². The minimum atomic E-state index is -1.01. The van der Waals surface area contributed by atoms with Crippen LogP contribution in [0.25, 0.3) is 22.4 Å². The second-order valence-corrected chi connectivity index (χ2v) is 9.44. The quantitative estimate of drug-likeness (QED) is 0.313. The van der Waals surface area contributed by atoms with Crippen LogP contribution in [0.4, 0.5) is 5.69 Å². The number of hydrogen-bond acceptors (Lipinski definition) is 6. The normalized spacial score (nSPS) is 15.7. The summed E-state index contributed by atoms with van der Waals surface area (Å²) in [6, 6.07) is 14.9. The van der Waals surface area contributed by atoms with Gasteiger partial charge < -0.3 is 24.5 Å². The van der Waals surface area contributed by atoms with Crippen molar-refractivity contribution in [2.45, 2.75) is 32.3 Å². The molecule has 1 atom stereocenters. The number of aromatic carboxylic acids is 1. The zero-order chi connectivity index (χ0) is 25.2. The van der Waals surface area contributed by atoms with Gasteiger partial charge in [0.15, 0.2) is 5.65 Å². The lowest BCUT2D eigenvalue weighted by Crippen LogP contribution is -2.33. The highest BCUT2D eigenvalue weighted by Crippen LogP contribution is 2.32. The molecule has 8 nitrogen and oxygen atoms in total. The number of aromatic nitrogens is 3. The fourth-order valence-corrected chi connectivity index (χ4v) is 4.65. The van der Waals surface area contributed by atoms with E-state index in [9.17, 15) is 9.90 Å². The van der Waals surface area contributed by atoms with Gasteiger partial charge in [0.1, 0.15) is 5.75 Å². The van der Waals surface area contributed by atoms with Crippen LogP contribution < -0.4 is 9.64 Å². The lowest BCUT2D eigenvalue weighted by atomic mass is 10.1. The number of aryl methyl sites for hydroxylation is 1. The second-order valence-electron chi connectivity index (χ2n) is 9.03. The van der Waals surface area contributed by atoms with E-state index in [0.29, 0.717) is 33.2 Å². The number of hydrogen-bond donors (Lipinski definition) is 2. The van der Waals surface area contributed by atoms with Crippen LogP contribution in [0.3, 0.4) is 0 Å². The predicted molar refractivity (Wildman–Crippen MR) is 139 cm³/mol. The van der Waals surface area contributed by atoms with Crippen LogP contribution in [0.5, 0.6) is 11.8 Å². The van der Waals surface area contributed by atoms with Gasteiger partial charge in [-0.1, -0.05) is 29.8 Å². The first-order chi connectivity index (χ1) is 17.4. The molecule has 0 spiro atoms. The number of H-pyrrole nitrogens is 1. The van der Waals surface area contributed by atoms with Crippen LogP contribution in [0.2, 0.25) is 5.02 Å². The molecule has 1 aliphatic heterocycles. The summed E-state index contributed by atoms with van der Waals surface area (Å²) < 4.78 is 11.6. The average molecular weight is 507 g/mol. The van der Waals surface area contributed by atoms with Crippen molar-refractivity contribution in [2.24, 2.45) is 0 Å². The van der Waals surface area contributed by atoms with Gasteiger partial charge in [0.25, 0.3) is 0 Å². The molecule has 0 amide bonds. The number of carbonyl (C=O) groups is 1. The summed E-state index contributed by atoms with van der Waals surface area (Å²) in [7, 11) is 2.07. The van der Waals surface area contributed by atoms with E-state index < -0.39 is 5.97 Å². The number of nitrogens with zero attached hydrogens (tertiary/aromatic N) is 3. The van der Waals surface area contributed by atoms with Gasteiger partial charge in [-0.05, 0) is 62.1 Å². The Labute approximate surface area is 213 Å². The average Bonchev–Trinajstić information content (AvgIpc) is 3.26. The second kappa shape index (κ2) is 10.2. The summed E-state index contributed by atoms with van der Waals surface area (Å²) in [4.78, 5) is 25.7. The third kappa shape index (κ3) is 5.15. The van der Waals surface area contributed by atoms with E-state index in [0.717, 1.165) is 37.2 Å². The Morgan fingerprint density at radius 2 is 2.00 bits per heavy atom. The number of aromatic amines is 1. The van der Waals surface area contributed by atoms with Crippen molar-refractivity contribution in [1.82, 2.24) is 15.0 Å². The minimum absolute atomic E-state index is 0.174. The van der Waals surface area contributed by atoms with Gasteiger partial charge in [-0.15, -0.1) is 0 Å². The zero-order valence-electron chi connectivity index (χ0n) is 20.1. The largest absolute Gasteiger partial charge is 0.478 e. The van der Waals surface area contributed by atoms with Crippen molar-refractivity contribution in [3.63, 3.8) is 0 Å². The molecule has 1 unspecified atom stereocenters. The van der Waals surface area contributed by atoms with Crippen molar-refractivity contribution in [1.29, 1.82) is 0 Å². The minimum Gasteiger partial charge on any atom is -0.478 e. The number of pyridine rings is 1. The van der Waals surface area contributed by atoms with Crippen LogP contribution in [0.15, 0.2) is 48.5 Å². The van der Waals surface area contributed by atoms with Gasteiger partial charge in [-0.25, -0.2) is 9.78 Å². The smallest absolute Gasteiger partial charge is 0.336 e. The number of benzene rings is 2. The van der Waals surface area contributed by atoms with Crippen LogP contribution >= 0.6 is 11.6 Å². The Morgan fingerprint density at radius 1 is 1.19 bits per heavy atom. The van der Waals surface area contributed by atoms with Gasteiger partial charge in [0.2, 0.25) is 0 Å². The van der Waals surface area contributed by atoms with Gasteiger partial charge in [0, 0.05) is 31.5 Å². The number of halogens is 1. The molecule has 1 aliphatic rings. The zero-order valence-corrected chi connectivity index (χ0v) is 20.9. The van der Waals surface area contributed by atoms with Gasteiger partial charge in [0.05, 0.1) is 27.9 Å². The standard InChI is InChI=1S/C27H27ClN4O4/c1-16-6-11-19(13-21(16)26(33)34)36-27-29-23-14-22(28)24(30-25(23)31-27)17-7-9-18(10-8-17)32(2)15-20-5-3-4-12-35-20/h6-11,13-14,20H,3-5,12,15H2,1-2H3,(H,33,34)(H,29,30,31). The summed E-state index contributed by atoms with van der Waals surface area (Å²) in [6.45, 7) is 3.44. The maximum Gasteiger partial charge on any atom is 0.336 e. The molecule has 0 radical (unpaired) electrons. The van der Waals surface area contributed by atoms with Gasteiger partial charge >= 0.3 is 12.0 Å². The topological polar surface area (TPSA) is 101 Å². The lowest BCUT2D eigenvalue weighted by molar-refractivity contribution is 0.0216. The van der Waals surface area contributed by atoms with E-state index >= 15 is 0 Å². The highest BCUT2D eigenvalue weighted by molar-refractivity contribution is 6.33. The Morgan fingerprint density at radius 3 is 2.72 bits per heavy atom. The number of likely N-dealkylation sites (N-methyl/N-ethyl adjacent to an activating group) is 1. The van der Waals surface area contributed by atoms with Gasteiger partial charge in [-0.3, -0.25) is 0 Å². The third-order valence-corrected chi connectivity index (χ3v) is 6.68. The van der Waals surface area contributed by atoms with E-state index in [4.69, 9.17) is 21.1 Å². The van der Waals surface area contributed by atoms with E-state index in [-0.39, 0.29) is 17.7 Å². The van der Waals surface area contributed by atoms with Crippen molar-refractivity contribution in [2.75, 3.05) is 25.1 Å². The molecule has 0 saturated carbocycles. The molecule has 1 saturated heterocycles. The SMILES string of the molecule is Cc1ccc(Oc2nc3nc(-c4ccc(N(C)CC5CCCCO5)cc4)c(Cl)cc3[nH]2)cc1C(=O)O. The monoisotopic (exact) mass is 506 g/mol. The molecule has 2 aromatic heterocycles. The number of carboxylic acid groups (broad SMARTS) is 1.